The third kappa shape index (κ3) is 1.40. The largest absolute Gasteiger partial charge is 0.496 e. The third-order valence-electron chi connectivity index (χ3n) is 3.59. The quantitative estimate of drug-likeness (QED) is 0.838. The minimum Gasteiger partial charge on any atom is -0.496 e. The van der Waals surface area contributed by atoms with Crippen LogP contribution in [0.5, 0.6) is 11.5 Å². The molecule has 1 N–H and O–H groups in total. The molecule has 1 atom stereocenters. The van der Waals surface area contributed by atoms with Crippen molar-refractivity contribution in [3.63, 3.8) is 0 Å². The summed E-state index contributed by atoms with van der Waals surface area (Å²) in [5.74, 6) is 1.66. The Balaban J connectivity index is 2.47. The van der Waals surface area contributed by atoms with Crippen molar-refractivity contribution in [1.29, 1.82) is 0 Å². The molecule has 3 rings (SSSR count). The van der Waals surface area contributed by atoms with Gasteiger partial charge in [0, 0.05) is 10.8 Å². The smallest absolute Gasteiger partial charge is 0.130 e. The van der Waals surface area contributed by atoms with Gasteiger partial charge >= 0.3 is 0 Å². The van der Waals surface area contributed by atoms with Crippen LogP contribution in [0.4, 0.5) is 0 Å². The second-order valence-electron chi connectivity index (χ2n) is 5.01. The third-order valence-corrected chi connectivity index (χ3v) is 3.59. The molecule has 18 heavy (non-hydrogen) atoms. The SMILES string of the molecule is COc1ccc2c3c(c(C)ccc13)OCC2(C)O. The highest BCUT2D eigenvalue weighted by molar-refractivity contribution is 5.97. The lowest BCUT2D eigenvalue weighted by atomic mass is 9.88. The highest BCUT2D eigenvalue weighted by atomic mass is 16.5. The average molecular weight is 244 g/mol. The fourth-order valence-corrected chi connectivity index (χ4v) is 2.59. The molecule has 0 aromatic heterocycles. The highest BCUT2D eigenvalue weighted by Gasteiger charge is 2.33. The zero-order valence-electron chi connectivity index (χ0n) is 10.8. The first-order chi connectivity index (χ1) is 8.54. The molecule has 0 saturated carbocycles. The van der Waals surface area contributed by atoms with Gasteiger partial charge in [-0.2, -0.15) is 0 Å². The summed E-state index contributed by atoms with van der Waals surface area (Å²) in [5.41, 5.74) is 1.03. The van der Waals surface area contributed by atoms with Gasteiger partial charge < -0.3 is 14.6 Å². The summed E-state index contributed by atoms with van der Waals surface area (Å²) >= 11 is 0. The lowest BCUT2D eigenvalue weighted by Gasteiger charge is -2.32. The number of methoxy groups -OCH3 is 1. The van der Waals surface area contributed by atoms with Crippen molar-refractivity contribution in [2.24, 2.45) is 0 Å². The summed E-state index contributed by atoms with van der Waals surface area (Å²) in [4.78, 5) is 0. The predicted molar refractivity (Wildman–Crippen MR) is 70.3 cm³/mol. The van der Waals surface area contributed by atoms with E-state index in [0.29, 0.717) is 0 Å². The van der Waals surface area contributed by atoms with E-state index >= 15 is 0 Å². The van der Waals surface area contributed by atoms with Gasteiger partial charge in [0.1, 0.15) is 23.7 Å². The van der Waals surface area contributed by atoms with E-state index in [1.807, 2.05) is 31.2 Å². The molecule has 0 fully saturated rings. The monoisotopic (exact) mass is 244 g/mol. The molecule has 0 bridgehead atoms. The first-order valence-corrected chi connectivity index (χ1v) is 6.00. The van der Waals surface area contributed by atoms with Gasteiger partial charge in [-0.1, -0.05) is 18.2 Å². The Kier molecular flexibility index (Phi) is 2.29. The standard InChI is InChI=1S/C15H16O3/c1-9-4-5-10-12(17-3)7-6-11-13(10)14(9)18-8-15(11,2)16/h4-7,16H,8H2,1-3H3. The number of aliphatic hydroxyl groups is 1. The molecule has 3 nitrogen and oxygen atoms in total. The molecule has 0 radical (unpaired) electrons. The molecular formula is C15H16O3. The maximum Gasteiger partial charge on any atom is 0.130 e. The summed E-state index contributed by atoms with van der Waals surface area (Å²) < 4.78 is 11.1. The number of hydrogen-bond acceptors (Lipinski definition) is 3. The van der Waals surface area contributed by atoms with Crippen molar-refractivity contribution in [3.8, 4) is 11.5 Å². The van der Waals surface area contributed by atoms with Gasteiger partial charge in [0.2, 0.25) is 0 Å². The fourth-order valence-electron chi connectivity index (χ4n) is 2.59. The van der Waals surface area contributed by atoms with Crippen molar-refractivity contribution in [2.45, 2.75) is 19.4 Å². The average Bonchev–Trinajstić information content (AvgIpc) is 2.35. The van der Waals surface area contributed by atoms with Crippen LogP contribution in [0.25, 0.3) is 10.8 Å². The molecule has 1 unspecified atom stereocenters. The lowest BCUT2D eigenvalue weighted by Crippen LogP contribution is -2.33. The van der Waals surface area contributed by atoms with E-state index in [9.17, 15) is 5.11 Å². The topological polar surface area (TPSA) is 38.7 Å². The molecule has 0 aliphatic carbocycles. The highest BCUT2D eigenvalue weighted by Crippen LogP contribution is 2.44. The Labute approximate surface area is 106 Å². The van der Waals surface area contributed by atoms with Gasteiger partial charge in [0.15, 0.2) is 0 Å². The van der Waals surface area contributed by atoms with Gasteiger partial charge in [-0.15, -0.1) is 0 Å². The Morgan fingerprint density at radius 3 is 2.78 bits per heavy atom. The number of rotatable bonds is 1. The minimum atomic E-state index is -0.953. The molecule has 0 amide bonds. The van der Waals surface area contributed by atoms with Crippen molar-refractivity contribution < 1.29 is 14.6 Å². The van der Waals surface area contributed by atoms with Crippen LogP contribution in [-0.4, -0.2) is 18.8 Å². The van der Waals surface area contributed by atoms with E-state index in [-0.39, 0.29) is 6.61 Å². The number of hydrogen-bond donors (Lipinski definition) is 1. The first-order valence-electron chi connectivity index (χ1n) is 6.00. The van der Waals surface area contributed by atoms with Gasteiger partial charge in [-0.25, -0.2) is 0 Å². The van der Waals surface area contributed by atoms with E-state index in [2.05, 4.69) is 0 Å². The molecule has 1 aliphatic heterocycles. The molecule has 2 aromatic rings. The molecular weight excluding hydrogens is 228 g/mol. The first kappa shape index (κ1) is 11.4. The number of ether oxygens (including phenoxy) is 2. The van der Waals surface area contributed by atoms with E-state index < -0.39 is 5.60 Å². The van der Waals surface area contributed by atoms with Gasteiger partial charge in [-0.3, -0.25) is 0 Å². The normalized spacial score (nSPS) is 21.8. The summed E-state index contributed by atoms with van der Waals surface area (Å²) in [7, 11) is 1.65. The Morgan fingerprint density at radius 2 is 2.06 bits per heavy atom. The maximum absolute atomic E-state index is 10.4. The molecule has 0 spiro atoms. The molecule has 0 saturated heterocycles. The molecule has 3 heteroatoms. The predicted octanol–water partition coefficient (Wildman–Crippen LogP) is 2.76. The van der Waals surface area contributed by atoms with Crippen LogP contribution in [0.1, 0.15) is 18.1 Å². The van der Waals surface area contributed by atoms with Crippen LogP contribution in [-0.2, 0) is 5.60 Å². The van der Waals surface area contributed by atoms with Gasteiger partial charge in [-0.05, 0) is 31.0 Å². The van der Waals surface area contributed by atoms with Crippen LogP contribution >= 0.6 is 0 Å². The zero-order valence-corrected chi connectivity index (χ0v) is 10.8. The molecule has 1 aliphatic rings. The van der Waals surface area contributed by atoms with E-state index in [1.54, 1.807) is 14.0 Å². The lowest BCUT2D eigenvalue weighted by molar-refractivity contribution is 0.00351. The Bertz CT molecular complexity index is 629. The maximum atomic E-state index is 10.4. The molecule has 94 valence electrons. The second kappa shape index (κ2) is 3.62. The minimum absolute atomic E-state index is 0.284. The number of benzene rings is 2. The van der Waals surface area contributed by atoms with Gasteiger partial charge in [0.25, 0.3) is 0 Å². The summed E-state index contributed by atoms with van der Waals surface area (Å²) in [6, 6.07) is 7.86. The zero-order chi connectivity index (χ0) is 12.9. The summed E-state index contributed by atoms with van der Waals surface area (Å²) in [6.45, 7) is 4.07. The van der Waals surface area contributed by atoms with Crippen LogP contribution in [0.3, 0.4) is 0 Å². The fraction of sp³-hybridized carbons (Fsp3) is 0.333. The van der Waals surface area contributed by atoms with Crippen molar-refractivity contribution in [2.75, 3.05) is 13.7 Å². The van der Waals surface area contributed by atoms with Gasteiger partial charge in [0.05, 0.1) is 7.11 Å². The van der Waals surface area contributed by atoms with Crippen LogP contribution in [0.15, 0.2) is 24.3 Å². The van der Waals surface area contributed by atoms with Crippen LogP contribution in [0.2, 0.25) is 0 Å². The second-order valence-corrected chi connectivity index (χ2v) is 5.01. The summed E-state index contributed by atoms with van der Waals surface area (Å²) in [6.07, 6.45) is 0. The van der Waals surface area contributed by atoms with E-state index in [1.165, 1.54) is 0 Å². The Morgan fingerprint density at radius 1 is 1.28 bits per heavy atom. The van der Waals surface area contributed by atoms with E-state index in [0.717, 1.165) is 33.4 Å². The van der Waals surface area contributed by atoms with Crippen LogP contribution in [0, 0.1) is 6.92 Å². The van der Waals surface area contributed by atoms with E-state index in [4.69, 9.17) is 9.47 Å². The Hall–Kier alpha value is -1.74. The summed E-state index contributed by atoms with van der Waals surface area (Å²) in [5, 5.41) is 12.4. The van der Waals surface area contributed by atoms with Crippen molar-refractivity contribution >= 4 is 10.8 Å². The van der Waals surface area contributed by atoms with Crippen molar-refractivity contribution in [1.82, 2.24) is 0 Å². The van der Waals surface area contributed by atoms with Crippen molar-refractivity contribution in [3.05, 3.63) is 35.4 Å². The molecule has 2 aromatic carbocycles. The molecule has 1 heterocycles. The number of aryl methyl sites for hydroxylation is 1. The van der Waals surface area contributed by atoms with Crippen LogP contribution < -0.4 is 9.47 Å².